The highest BCUT2D eigenvalue weighted by Gasteiger charge is 2.07. The topological polar surface area (TPSA) is 66.4 Å². The van der Waals surface area contributed by atoms with Crippen LogP contribution in [0.1, 0.15) is 18.9 Å². The molecule has 16 heavy (non-hydrogen) atoms. The summed E-state index contributed by atoms with van der Waals surface area (Å²) < 4.78 is 25.2. The molecule has 0 unspecified atom stereocenters. The molecular weight excluding hydrogens is 226 g/mol. The van der Waals surface area contributed by atoms with Crippen molar-refractivity contribution in [3.8, 4) is 5.75 Å². The van der Waals surface area contributed by atoms with Crippen molar-refractivity contribution in [1.82, 2.24) is 4.72 Å². The monoisotopic (exact) mass is 243 g/mol. The van der Waals surface area contributed by atoms with Crippen molar-refractivity contribution in [2.75, 3.05) is 12.3 Å². The molecular formula is C11H17NO3S. The summed E-state index contributed by atoms with van der Waals surface area (Å²) in [5.41, 5.74) is 0.752. The maximum atomic E-state index is 11.3. The van der Waals surface area contributed by atoms with E-state index >= 15 is 0 Å². The molecule has 0 aliphatic heterocycles. The first-order valence-corrected chi connectivity index (χ1v) is 6.94. The number of nitrogens with one attached hydrogen (secondary N) is 1. The fourth-order valence-electron chi connectivity index (χ4n) is 1.40. The van der Waals surface area contributed by atoms with Gasteiger partial charge in [0, 0.05) is 6.54 Å². The molecule has 1 rings (SSSR count). The molecule has 0 aliphatic carbocycles. The molecule has 0 saturated carbocycles. The third-order valence-electron chi connectivity index (χ3n) is 2.18. The van der Waals surface area contributed by atoms with Gasteiger partial charge in [-0.2, -0.15) is 0 Å². The molecule has 0 aromatic heterocycles. The van der Waals surface area contributed by atoms with Gasteiger partial charge in [-0.3, -0.25) is 0 Å². The maximum Gasteiger partial charge on any atom is 0.211 e. The standard InChI is InChI=1S/C11H17NO3S/c1-2-9-16(14,15)12-8-7-10-5-3-4-6-11(10)13/h3-6,12-13H,2,7-9H2,1H3. The van der Waals surface area contributed by atoms with Crippen LogP contribution < -0.4 is 4.72 Å². The van der Waals surface area contributed by atoms with Crippen molar-refractivity contribution in [3.63, 3.8) is 0 Å². The summed E-state index contributed by atoms with van der Waals surface area (Å²) in [5, 5.41) is 9.47. The van der Waals surface area contributed by atoms with E-state index in [2.05, 4.69) is 4.72 Å². The predicted octanol–water partition coefficient (Wildman–Crippen LogP) is 1.26. The predicted molar refractivity (Wildman–Crippen MR) is 63.9 cm³/mol. The van der Waals surface area contributed by atoms with E-state index in [1.165, 1.54) is 0 Å². The Kier molecular flexibility index (Phi) is 4.76. The molecule has 0 bridgehead atoms. The maximum absolute atomic E-state index is 11.3. The summed E-state index contributed by atoms with van der Waals surface area (Å²) in [4.78, 5) is 0. The summed E-state index contributed by atoms with van der Waals surface area (Å²) >= 11 is 0. The molecule has 0 spiro atoms. The zero-order chi connectivity index (χ0) is 12.0. The summed E-state index contributed by atoms with van der Waals surface area (Å²) in [7, 11) is -3.15. The summed E-state index contributed by atoms with van der Waals surface area (Å²) in [6.07, 6.45) is 1.10. The second kappa shape index (κ2) is 5.86. The van der Waals surface area contributed by atoms with Gasteiger partial charge in [-0.1, -0.05) is 25.1 Å². The fraction of sp³-hybridized carbons (Fsp3) is 0.455. The zero-order valence-corrected chi connectivity index (χ0v) is 10.1. The molecule has 0 fully saturated rings. The second-order valence-electron chi connectivity index (χ2n) is 3.59. The molecule has 90 valence electrons. The minimum atomic E-state index is -3.15. The number of benzene rings is 1. The number of sulfonamides is 1. The Labute approximate surface area is 96.4 Å². The van der Waals surface area contributed by atoms with Crippen molar-refractivity contribution in [1.29, 1.82) is 0 Å². The van der Waals surface area contributed by atoms with Gasteiger partial charge in [0.2, 0.25) is 10.0 Å². The van der Waals surface area contributed by atoms with Gasteiger partial charge in [-0.15, -0.1) is 0 Å². The van der Waals surface area contributed by atoms with Crippen molar-refractivity contribution in [2.24, 2.45) is 0 Å². The summed E-state index contributed by atoms with van der Waals surface area (Å²) in [5.74, 6) is 0.352. The number of hydrogen-bond acceptors (Lipinski definition) is 3. The lowest BCUT2D eigenvalue weighted by molar-refractivity contribution is 0.467. The van der Waals surface area contributed by atoms with Gasteiger partial charge < -0.3 is 5.11 Å². The molecule has 0 saturated heterocycles. The lowest BCUT2D eigenvalue weighted by atomic mass is 10.1. The minimum absolute atomic E-state index is 0.147. The van der Waals surface area contributed by atoms with Gasteiger partial charge >= 0.3 is 0 Å². The smallest absolute Gasteiger partial charge is 0.211 e. The Morgan fingerprint density at radius 2 is 2.00 bits per heavy atom. The van der Waals surface area contributed by atoms with Crippen LogP contribution in [0.2, 0.25) is 0 Å². The molecule has 0 heterocycles. The highest BCUT2D eigenvalue weighted by molar-refractivity contribution is 7.89. The van der Waals surface area contributed by atoms with Crippen LogP contribution in [0.4, 0.5) is 0 Å². The van der Waals surface area contributed by atoms with Gasteiger partial charge in [0.05, 0.1) is 5.75 Å². The van der Waals surface area contributed by atoms with Crippen LogP contribution in [-0.4, -0.2) is 25.8 Å². The average Bonchev–Trinajstić information content (AvgIpc) is 2.20. The summed E-state index contributed by atoms with van der Waals surface area (Å²) in [6.45, 7) is 2.14. The van der Waals surface area contributed by atoms with E-state index in [0.717, 1.165) is 5.56 Å². The SMILES string of the molecule is CCCS(=O)(=O)NCCc1ccccc1O. The highest BCUT2D eigenvalue weighted by Crippen LogP contribution is 2.15. The molecule has 4 nitrogen and oxygen atoms in total. The van der Waals surface area contributed by atoms with Gasteiger partial charge in [-0.05, 0) is 24.5 Å². The first-order chi connectivity index (χ1) is 7.55. The lowest BCUT2D eigenvalue weighted by Crippen LogP contribution is -2.28. The normalized spacial score (nSPS) is 11.6. The van der Waals surface area contributed by atoms with Crippen LogP contribution in [0.3, 0.4) is 0 Å². The van der Waals surface area contributed by atoms with Gasteiger partial charge in [0.25, 0.3) is 0 Å². The Balaban J connectivity index is 2.45. The molecule has 0 amide bonds. The molecule has 0 aliphatic rings. The first-order valence-electron chi connectivity index (χ1n) is 5.29. The van der Waals surface area contributed by atoms with Gasteiger partial charge in [0.15, 0.2) is 0 Å². The molecule has 0 atom stereocenters. The molecule has 2 N–H and O–H groups in total. The Hall–Kier alpha value is -1.07. The fourth-order valence-corrected chi connectivity index (χ4v) is 2.50. The largest absolute Gasteiger partial charge is 0.508 e. The van der Waals surface area contributed by atoms with E-state index in [-0.39, 0.29) is 11.5 Å². The van der Waals surface area contributed by atoms with E-state index in [9.17, 15) is 13.5 Å². The van der Waals surface area contributed by atoms with Crippen molar-refractivity contribution < 1.29 is 13.5 Å². The van der Waals surface area contributed by atoms with Gasteiger partial charge in [0.1, 0.15) is 5.75 Å². The van der Waals surface area contributed by atoms with Crippen LogP contribution in [0.15, 0.2) is 24.3 Å². The third-order valence-corrected chi connectivity index (χ3v) is 3.77. The first kappa shape index (κ1) is 13.0. The Morgan fingerprint density at radius 1 is 1.31 bits per heavy atom. The van der Waals surface area contributed by atoms with E-state index < -0.39 is 10.0 Å². The van der Waals surface area contributed by atoms with Crippen LogP contribution in [0.25, 0.3) is 0 Å². The van der Waals surface area contributed by atoms with Gasteiger partial charge in [-0.25, -0.2) is 13.1 Å². The van der Waals surface area contributed by atoms with Crippen LogP contribution in [0.5, 0.6) is 5.75 Å². The molecule has 0 radical (unpaired) electrons. The Bertz CT molecular complexity index is 429. The number of hydrogen-bond donors (Lipinski definition) is 2. The van der Waals surface area contributed by atoms with Crippen molar-refractivity contribution in [3.05, 3.63) is 29.8 Å². The molecule has 5 heteroatoms. The second-order valence-corrected chi connectivity index (χ2v) is 5.52. The van der Waals surface area contributed by atoms with Crippen LogP contribution in [0, 0.1) is 0 Å². The number of aromatic hydroxyl groups is 1. The molecule has 1 aromatic rings. The molecule has 1 aromatic carbocycles. The number of phenolic OH excluding ortho intramolecular Hbond substituents is 1. The average molecular weight is 243 g/mol. The number of para-hydroxylation sites is 1. The third kappa shape index (κ3) is 4.20. The number of phenols is 1. The Morgan fingerprint density at radius 3 is 2.62 bits per heavy atom. The van der Waals surface area contributed by atoms with E-state index in [4.69, 9.17) is 0 Å². The summed E-state index contributed by atoms with van der Waals surface area (Å²) in [6, 6.07) is 6.93. The van der Waals surface area contributed by atoms with E-state index in [1.54, 1.807) is 18.2 Å². The lowest BCUT2D eigenvalue weighted by Gasteiger charge is -2.06. The zero-order valence-electron chi connectivity index (χ0n) is 9.31. The quantitative estimate of drug-likeness (QED) is 0.790. The van der Waals surface area contributed by atoms with E-state index in [1.807, 2.05) is 13.0 Å². The minimum Gasteiger partial charge on any atom is -0.508 e. The van der Waals surface area contributed by atoms with Crippen molar-refractivity contribution in [2.45, 2.75) is 19.8 Å². The van der Waals surface area contributed by atoms with E-state index in [0.29, 0.717) is 19.4 Å². The van der Waals surface area contributed by atoms with Crippen LogP contribution in [-0.2, 0) is 16.4 Å². The number of rotatable bonds is 6. The highest BCUT2D eigenvalue weighted by atomic mass is 32.2. The van der Waals surface area contributed by atoms with Crippen molar-refractivity contribution >= 4 is 10.0 Å². The van der Waals surface area contributed by atoms with Crippen LogP contribution >= 0.6 is 0 Å².